The van der Waals surface area contributed by atoms with Crippen molar-refractivity contribution in [3.8, 4) is 0 Å². The Balaban J connectivity index is 1.70. The highest BCUT2D eigenvalue weighted by atomic mass is 35.5. The van der Waals surface area contributed by atoms with Gasteiger partial charge in [0.1, 0.15) is 0 Å². The number of aliphatic imine (C=N–C) groups is 1. The number of carbonyl (C=O) groups is 2. The first-order chi connectivity index (χ1) is 11.1. The van der Waals surface area contributed by atoms with Crippen molar-refractivity contribution in [2.24, 2.45) is 4.99 Å². The molecule has 1 heterocycles. The molecular formula is C18H12ClNO2S. The highest BCUT2D eigenvalue weighted by molar-refractivity contribution is 8.18. The molecule has 5 heteroatoms. The smallest absolute Gasteiger partial charge is 0.284 e. The predicted molar refractivity (Wildman–Crippen MR) is 94.9 cm³/mol. The highest BCUT2D eigenvalue weighted by Gasteiger charge is 2.23. The van der Waals surface area contributed by atoms with E-state index in [1.165, 1.54) is 11.8 Å². The Morgan fingerprint density at radius 2 is 1.78 bits per heavy atom. The van der Waals surface area contributed by atoms with Crippen molar-refractivity contribution in [2.75, 3.05) is 0 Å². The van der Waals surface area contributed by atoms with Crippen molar-refractivity contribution in [3.63, 3.8) is 0 Å². The molecule has 0 radical (unpaired) electrons. The van der Waals surface area contributed by atoms with E-state index in [1.807, 2.05) is 30.3 Å². The molecule has 0 fully saturated rings. The molecule has 2 aromatic carbocycles. The van der Waals surface area contributed by atoms with Crippen LogP contribution in [0.1, 0.15) is 22.3 Å². The van der Waals surface area contributed by atoms with Crippen LogP contribution in [0.3, 0.4) is 0 Å². The summed E-state index contributed by atoms with van der Waals surface area (Å²) in [5.41, 5.74) is 1.49. The van der Waals surface area contributed by atoms with Gasteiger partial charge >= 0.3 is 0 Å². The Bertz CT molecular complexity index is 811. The molecule has 0 bridgehead atoms. The maximum atomic E-state index is 12.2. The highest BCUT2D eigenvalue weighted by Crippen LogP contribution is 2.30. The van der Waals surface area contributed by atoms with Crippen LogP contribution in [-0.2, 0) is 4.79 Å². The molecule has 2 aromatic rings. The average Bonchev–Trinajstić information content (AvgIpc) is 2.90. The van der Waals surface area contributed by atoms with Crippen LogP contribution in [0, 0.1) is 0 Å². The van der Waals surface area contributed by atoms with Crippen LogP contribution in [0.4, 0.5) is 0 Å². The van der Waals surface area contributed by atoms with E-state index in [2.05, 4.69) is 4.99 Å². The van der Waals surface area contributed by atoms with Gasteiger partial charge in [-0.2, -0.15) is 0 Å². The van der Waals surface area contributed by atoms with Crippen molar-refractivity contribution in [1.82, 2.24) is 0 Å². The van der Waals surface area contributed by atoms with Crippen LogP contribution in [0.5, 0.6) is 0 Å². The summed E-state index contributed by atoms with van der Waals surface area (Å²) in [6, 6.07) is 16.2. The van der Waals surface area contributed by atoms with Crippen molar-refractivity contribution in [1.29, 1.82) is 0 Å². The number of nitrogens with zero attached hydrogens (tertiary/aromatic N) is 1. The number of amides is 1. The number of benzene rings is 2. The molecule has 114 valence electrons. The zero-order valence-corrected chi connectivity index (χ0v) is 13.6. The van der Waals surface area contributed by atoms with Gasteiger partial charge in [-0.3, -0.25) is 9.59 Å². The molecule has 0 aromatic heterocycles. The van der Waals surface area contributed by atoms with Crippen molar-refractivity contribution < 1.29 is 9.59 Å². The number of hydrogen-bond acceptors (Lipinski definition) is 3. The van der Waals surface area contributed by atoms with Crippen LogP contribution in [-0.4, -0.2) is 16.7 Å². The number of carbonyl (C=O) groups excluding carboxylic acids is 2. The molecule has 0 unspecified atom stereocenters. The Labute approximate surface area is 143 Å². The molecule has 0 atom stereocenters. The lowest BCUT2D eigenvalue weighted by molar-refractivity contribution is -0.113. The summed E-state index contributed by atoms with van der Waals surface area (Å²) in [5.74, 6) is -0.349. The summed E-state index contributed by atoms with van der Waals surface area (Å²) in [6.45, 7) is 0. The molecule has 23 heavy (non-hydrogen) atoms. The fraction of sp³-hybridized carbons (Fsp3) is 0.0556. The van der Waals surface area contributed by atoms with Gasteiger partial charge in [0.25, 0.3) is 5.91 Å². The van der Waals surface area contributed by atoms with Crippen molar-refractivity contribution in [2.45, 2.75) is 6.42 Å². The molecule has 1 amide bonds. The number of rotatable bonds is 4. The summed E-state index contributed by atoms with van der Waals surface area (Å²) in [7, 11) is 0. The third-order valence-corrected chi connectivity index (χ3v) is 4.48. The first-order valence-corrected chi connectivity index (χ1v) is 8.16. The van der Waals surface area contributed by atoms with Gasteiger partial charge in [-0.25, -0.2) is 4.99 Å². The standard InChI is InChI=1S/C18H12ClNO2S/c19-14-8-6-12(7-9-14)10-16-18(22)20-17(23-16)11-15(21)13-4-2-1-3-5-13/h1-10H,11H2/b16-10+. The van der Waals surface area contributed by atoms with Gasteiger partial charge in [0.15, 0.2) is 5.78 Å². The van der Waals surface area contributed by atoms with E-state index in [4.69, 9.17) is 11.6 Å². The van der Waals surface area contributed by atoms with Gasteiger partial charge < -0.3 is 0 Å². The van der Waals surface area contributed by atoms with E-state index in [0.29, 0.717) is 20.5 Å². The van der Waals surface area contributed by atoms with E-state index < -0.39 is 0 Å². The molecule has 0 saturated heterocycles. The van der Waals surface area contributed by atoms with Gasteiger partial charge in [-0.15, -0.1) is 0 Å². The molecule has 3 rings (SSSR count). The van der Waals surface area contributed by atoms with Gasteiger partial charge in [-0.05, 0) is 23.8 Å². The summed E-state index contributed by atoms with van der Waals surface area (Å²) in [4.78, 5) is 28.6. The summed E-state index contributed by atoms with van der Waals surface area (Å²) >= 11 is 7.09. The number of thioether (sulfide) groups is 1. The minimum atomic E-state index is -0.305. The second-order valence-corrected chi connectivity index (χ2v) is 6.49. The van der Waals surface area contributed by atoms with E-state index in [9.17, 15) is 9.59 Å². The van der Waals surface area contributed by atoms with E-state index in [-0.39, 0.29) is 18.1 Å². The number of hydrogen-bond donors (Lipinski definition) is 0. The maximum Gasteiger partial charge on any atom is 0.284 e. The predicted octanol–water partition coefficient (Wildman–Crippen LogP) is 4.63. The van der Waals surface area contributed by atoms with Crippen LogP contribution in [0.15, 0.2) is 64.5 Å². The lowest BCUT2D eigenvalue weighted by Gasteiger charge is -2.00. The average molecular weight is 342 g/mol. The molecule has 0 aliphatic carbocycles. The monoisotopic (exact) mass is 341 g/mol. The Morgan fingerprint density at radius 3 is 2.48 bits per heavy atom. The first-order valence-electron chi connectivity index (χ1n) is 6.97. The molecule has 0 N–H and O–H groups in total. The zero-order chi connectivity index (χ0) is 16.2. The summed E-state index contributed by atoms with van der Waals surface area (Å²) in [6.07, 6.45) is 1.89. The molecular weight excluding hydrogens is 330 g/mol. The first kappa shape index (κ1) is 15.7. The number of ketones is 1. The van der Waals surface area contributed by atoms with Gasteiger partial charge in [0.05, 0.1) is 16.4 Å². The Kier molecular flexibility index (Phi) is 4.74. The lowest BCUT2D eigenvalue weighted by Crippen LogP contribution is -2.03. The van der Waals surface area contributed by atoms with Crippen LogP contribution < -0.4 is 0 Å². The number of halogens is 1. The van der Waals surface area contributed by atoms with Crippen molar-refractivity contribution >= 4 is 46.2 Å². The topological polar surface area (TPSA) is 46.5 Å². The molecule has 3 nitrogen and oxygen atoms in total. The summed E-state index contributed by atoms with van der Waals surface area (Å²) in [5, 5.41) is 1.17. The summed E-state index contributed by atoms with van der Waals surface area (Å²) < 4.78 is 0. The van der Waals surface area contributed by atoms with Gasteiger partial charge in [0, 0.05) is 10.6 Å². The van der Waals surface area contributed by atoms with Crippen LogP contribution in [0.2, 0.25) is 5.02 Å². The maximum absolute atomic E-state index is 12.2. The minimum Gasteiger partial charge on any atom is -0.294 e. The van der Waals surface area contributed by atoms with E-state index >= 15 is 0 Å². The van der Waals surface area contributed by atoms with E-state index in [1.54, 1.807) is 30.3 Å². The molecule has 0 saturated carbocycles. The quantitative estimate of drug-likeness (QED) is 0.602. The van der Waals surface area contributed by atoms with Crippen LogP contribution >= 0.6 is 23.4 Å². The SMILES string of the molecule is O=C1N=C(CC(=O)c2ccccc2)S/C1=C/c1ccc(Cl)cc1. The Hall–Kier alpha value is -2.17. The fourth-order valence-corrected chi connectivity index (χ4v) is 3.14. The van der Waals surface area contributed by atoms with E-state index in [0.717, 1.165) is 5.56 Å². The number of Topliss-reactive ketones (excluding diaryl/α,β-unsaturated/α-hetero) is 1. The minimum absolute atomic E-state index is 0.0441. The third-order valence-electron chi connectivity index (χ3n) is 3.24. The molecule has 1 aliphatic rings. The van der Waals surface area contributed by atoms with Gasteiger partial charge in [0.2, 0.25) is 0 Å². The second-order valence-electron chi connectivity index (χ2n) is 4.94. The molecule has 1 aliphatic heterocycles. The van der Waals surface area contributed by atoms with Gasteiger partial charge in [-0.1, -0.05) is 65.8 Å². The lowest BCUT2D eigenvalue weighted by atomic mass is 10.1. The Morgan fingerprint density at radius 1 is 1.09 bits per heavy atom. The van der Waals surface area contributed by atoms with Crippen molar-refractivity contribution in [3.05, 3.63) is 75.7 Å². The second kappa shape index (κ2) is 6.94. The zero-order valence-electron chi connectivity index (χ0n) is 12.0. The fourth-order valence-electron chi connectivity index (χ4n) is 2.10. The van der Waals surface area contributed by atoms with Crippen LogP contribution in [0.25, 0.3) is 6.08 Å². The third kappa shape index (κ3) is 3.97. The molecule has 0 spiro atoms. The largest absolute Gasteiger partial charge is 0.294 e. The normalized spacial score (nSPS) is 15.8.